The van der Waals surface area contributed by atoms with E-state index in [1.54, 1.807) is 42.5 Å². The number of nitrogens with zero attached hydrogens (tertiary/aromatic N) is 1. The maximum atomic E-state index is 13.1. The average Bonchev–Trinajstić information content (AvgIpc) is 3.12. The number of esters is 1. The first-order valence-corrected chi connectivity index (χ1v) is 11.6. The molecule has 0 saturated carbocycles. The number of methoxy groups -OCH3 is 1. The number of halogens is 1. The number of carbonyl (C=O) groups excluding carboxylic acids is 4. The predicted molar refractivity (Wildman–Crippen MR) is 139 cm³/mol. The van der Waals surface area contributed by atoms with Gasteiger partial charge in [-0.15, -0.1) is 0 Å². The Balaban J connectivity index is 1.54. The molecule has 0 unspecified atom stereocenters. The number of hydrogen-bond donors (Lipinski definition) is 2. The van der Waals surface area contributed by atoms with Crippen LogP contribution >= 0.6 is 11.6 Å². The fourth-order valence-electron chi connectivity index (χ4n) is 3.66. The number of para-hydroxylation sites is 2. The van der Waals surface area contributed by atoms with Gasteiger partial charge >= 0.3 is 5.97 Å². The maximum Gasteiger partial charge on any atom is 0.337 e. The lowest BCUT2D eigenvalue weighted by Crippen LogP contribution is -2.32. The van der Waals surface area contributed by atoms with E-state index in [1.807, 2.05) is 6.92 Å². The number of rotatable bonds is 8. The van der Waals surface area contributed by atoms with Crippen LogP contribution in [0.4, 0.5) is 17.1 Å². The van der Waals surface area contributed by atoms with Crippen LogP contribution in [0.5, 0.6) is 5.75 Å². The number of carbonyl (C=O) groups is 4. The van der Waals surface area contributed by atoms with Gasteiger partial charge in [-0.2, -0.15) is 0 Å². The van der Waals surface area contributed by atoms with Crippen LogP contribution in [-0.2, 0) is 14.3 Å². The van der Waals surface area contributed by atoms with Crippen LogP contribution < -0.4 is 20.3 Å². The van der Waals surface area contributed by atoms with Gasteiger partial charge in [0.05, 0.1) is 30.7 Å². The van der Waals surface area contributed by atoms with Crippen LogP contribution in [-0.4, -0.2) is 37.4 Å². The summed E-state index contributed by atoms with van der Waals surface area (Å²) < 4.78 is 10.2. The van der Waals surface area contributed by atoms with Gasteiger partial charge in [0, 0.05) is 11.3 Å². The first kappa shape index (κ1) is 25.5. The average molecular weight is 520 g/mol. The molecule has 1 aliphatic rings. The number of ether oxygens (including phenoxy) is 2. The van der Waals surface area contributed by atoms with Crippen molar-refractivity contribution >= 4 is 52.4 Å². The molecule has 0 aliphatic carbocycles. The van der Waals surface area contributed by atoms with Gasteiger partial charge < -0.3 is 20.1 Å². The lowest BCUT2D eigenvalue weighted by Gasteiger charge is -2.16. The van der Waals surface area contributed by atoms with E-state index in [-0.39, 0.29) is 22.0 Å². The summed E-state index contributed by atoms with van der Waals surface area (Å²) in [4.78, 5) is 51.6. The molecule has 0 saturated heterocycles. The molecule has 3 aromatic carbocycles. The molecule has 0 spiro atoms. The van der Waals surface area contributed by atoms with Gasteiger partial charge in [-0.05, 0) is 55.5 Å². The molecule has 37 heavy (non-hydrogen) atoms. The first-order chi connectivity index (χ1) is 17.8. The van der Waals surface area contributed by atoms with Crippen LogP contribution in [0.25, 0.3) is 0 Å². The fourth-order valence-corrected chi connectivity index (χ4v) is 3.88. The summed E-state index contributed by atoms with van der Waals surface area (Å²) in [6.07, 6.45) is 0. The van der Waals surface area contributed by atoms with Crippen molar-refractivity contribution < 1.29 is 28.7 Å². The van der Waals surface area contributed by atoms with Crippen molar-refractivity contribution in [2.45, 2.75) is 6.92 Å². The summed E-state index contributed by atoms with van der Waals surface area (Å²) in [6.45, 7) is 2.29. The Hall–Kier alpha value is -4.63. The number of anilines is 3. The van der Waals surface area contributed by atoms with Gasteiger partial charge in [-0.3, -0.25) is 14.4 Å². The highest BCUT2D eigenvalue weighted by Crippen LogP contribution is 2.31. The van der Waals surface area contributed by atoms with Crippen molar-refractivity contribution in [3.8, 4) is 5.75 Å². The van der Waals surface area contributed by atoms with Crippen molar-refractivity contribution in [3.05, 3.63) is 94.7 Å². The highest BCUT2D eigenvalue weighted by atomic mass is 35.5. The molecule has 0 bridgehead atoms. The second kappa shape index (κ2) is 11.0. The molecule has 0 radical (unpaired) electrons. The minimum atomic E-state index is -0.752. The monoisotopic (exact) mass is 519 g/mol. The summed E-state index contributed by atoms with van der Waals surface area (Å²) in [5.41, 5.74) is 1.35. The minimum absolute atomic E-state index is 0.158. The van der Waals surface area contributed by atoms with Gasteiger partial charge in [0.15, 0.2) is 0 Å². The molecule has 188 valence electrons. The van der Waals surface area contributed by atoms with E-state index < -0.39 is 23.7 Å². The molecule has 9 nitrogen and oxygen atoms in total. The lowest BCUT2D eigenvalue weighted by molar-refractivity contribution is -0.120. The third-order valence-electron chi connectivity index (χ3n) is 5.38. The SMILES string of the molecule is CCOc1ccccc1NC(=O)c1cccc(NC2=C(Cl)C(=O)N(c3cccc(C(=O)OC)c3)C2=O)c1. The van der Waals surface area contributed by atoms with Gasteiger partial charge in [-0.1, -0.05) is 35.9 Å². The fraction of sp³-hybridized carbons (Fsp3) is 0.111. The summed E-state index contributed by atoms with van der Waals surface area (Å²) in [5, 5.41) is 5.33. The van der Waals surface area contributed by atoms with E-state index in [0.29, 0.717) is 29.3 Å². The summed E-state index contributed by atoms with van der Waals surface area (Å²) in [5.74, 6) is -1.94. The van der Waals surface area contributed by atoms with Crippen LogP contribution in [0.15, 0.2) is 83.5 Å². The summed E-state index contributed by atoms with van der Waals surface area (Å²) in [6, 6.07) is 19.3. The van der Waals surface area contributed by atoms with Gasteiger partial charge in [-0.25, -0.2) is 9.69 Å². The molecule has 0 atom stereocenters. The zero-order valence-electron chi connectivity index (χ0n) is 19.9. The lowest BCUT2D eigenvalue weighted by atomic mass is 10.1. The third-order valence-corrected chi connectivity index (χ3v) is 5.73. The Morgan fingerprint density at radius 2 is 1.65 bits per heavy atom. The number of amides is 3. The van der Waals surface area contributed by atoms with E-state index in [1.165, 1.54) is 37.4 Å². The number of benzene rings is 3. The Bertz CT molecular complexity index is 1430. The van der Waals surface area contributed by atoms with Crippen LogP contribution in [0.3, 0.4) is 0 Å². The molecule has 1 aliphatic heterocycles. The van der Waals surface area contributed by atoms with E-state index in [4.69, 9.17) is 21.1 Å². The third kappa shape index (κ3) is 5.31. The van der Waals surface area contributed by atoms with E-state index in [0.717, 1.165) is 4.90 Å². The molecular weight excluding hydrogens is 498 g/mol. The molecule has 3 aromatic rings. The Morgan fingerprint density at radius 1 is 0.919 bits per heavy atom. The largest absolute Gasteiger partial charge is 0.492 e. The second-order valence-corrected chi connectivity index (χ2v) is 8.14. The first-order valence-electron chi connectivity index (χ1n) is 11.2. The highest BCUT2D eigenvalue weighted by Gasteiger charge is 2.39. The predicted octanol–water partition coefficient (Wildman–Crippen LogP) is 4.56. The summed E-state index contributed by atoms with van der Waals surface area (Å²) in [7, 11) is 1.23. The second-order valence-electron chi connectivity index (χ2n) is 7.77. The molecular formula is C27H22ClN3O6. The van der Waals surface area contributed by atoms with Crippen molar-refractivity contribution in [1.29, 1.82) is 0 Å². The molecule has 3 amide bonds. The zero-order valence-corrected chi connectivity index (χ0v) is 20.7. The quantitative estimate of drug-likeness (QED) is 0.331. The van der Waals surface area contributed by atoms with E-state index in [9.17, 15) is 19.2 Å². The highest BCUT2D eigenvalue weighted by molar-refractivity contribution is 6.53. The van der Waals surface area contributed by atoms with Gasteiger partial charge in [0.25, 0.3) is 17.7 Å². The Morgan fingerprint density at radius 3 is 2.41 bits per heavy atom. The molecule has 10 heteroatoms. The van der Waals surface area contributed by atoms with E-state index in [2.05, 4.69) is 10.6 Å². The van der Waals surface area contributed by atoms with Crippen LogP contribution in [0.2, 0.25) is 0 Å². The Labute approximate surface area is 217 Å². The maximum absolute atomic E-state index is 13.1. The van der Waals surface area contributed by atoms with Crippen LogP contribution in [0, 0.1) is 0 Å². The van der Waals surface area contributed by atoms with Crippen molar-refractivity contribution in [2.24, 2.45) is 0 Å². The van der Waals surface area contributed by atoms with Crippen LogP contribution in [0.1, 0.15) is 27.6 Å². The number of hydrogen-bond acceptors (Lipinski definition) is 7. The Kier molecular flexibility index (Phi) is 7.55. The number of imide groups is 1. The van der Waals surface area contributed by atoms with Gasteiger partial charge in [0.1, 0.15) is 16.5 Å². The summed E-state index contributed by atoms with van der Waals surface area (Å²) >= 11 is 6.22. The topological polar surface area (TPSA) is 114 Å². The standard InChI is InChI=1S/C27H22ClN3O6/c1-3-37-21-13-5-4-12-20(21)30-24(32)16-8-6-10-18(14-16)29-23-22(28)25(33)31(26(23)34)19-11-7-9-17(15-19)27(35)36-2/h4-15,29H,3H2,1-2H3,(H,30,32). The molecule has 2 N–H and O–H groups in total. The van der Waals surface area contributed by atoms with E-state index >= 15 is 0 Å². The minimum Gasteiger partial charge on any atom is -0.492 e. The van der Waals surface area contributed by atoms with Crippen molar-refractivity contribution in [3.63, 3.8) is 0 Å². The molecule has 0 fully saturated rings. The van der Waals surface area contributed by atoms with Crippen molar-refractivity contribution in [2.75, 3.05) is 29.3 Å². The van der Waals surface area contributed by atoms with Gasteiger partial charge in [0.2, 0.25) is 0 Å². The zero-order chi connectivity index (χ0) is 26.5. The number of nitrogens with one attached hydrogen (secondary N) is 2. The molecule has 4 rings (SSSR count). The molecule has 0 aromatic heterocycles. The smallest absolute Gasteiger partial charge is 0.337 e. The normalized spacial score (nSPS) is 13.0. The van der Waals surface area contributed by atoms with Crippen molar-refractivity contribution in [1.82, 2.24) is 0 Å². The molecule has 1 heterocycles.